The van der Waals surface area contributed by atoms with Crippen molar-refractivity contribution in [1.29, 1.82) is 0 Å². The number of anilines is 1. The number of aryl methyl sites for hydroxylation is 1. The highest BCUT2D eigenvalue weighted by Gasteiger charge is 2.21. The van der Waals surface area contributed by atoms with Crippen LogP contribution >= 0.6 is 0 Å². The fourth-order valence-electron chi connectivity index (χ4n) is 2.01. The van der Waals surface area contributed by atoms with Crippen LogP contribution in [0.4, 0.5) is 5.69 Å². The summed E-state index contributed by atoms with van der Waals surface area (Å²) >= 11 is 0. The standard InChI is InChI=1S/C16H13NO2/c1-11-5-4-6-12(9-11)10-15-16(18)17-13-7-2-3-8-14(13)19-15/h2-10H,1H3,(H,17,18). The van der Waals surface area contributed by atoms with Crippen LogP contribution in [0.15, 0.2) is 54.3 Å². The van der Waals surface area contributed by atoms with Crippen molar-refractivity contribution in [2.24, 2.45) is 0 Å². The normalized spacial score (nSPS) is 15.6. The SMILES string of the molecule is Cc1cccc(C=C2Oc3ccccc3NC2=O)c1. The van der Waals surface area contributed by atoms with Crippen LogP contribution in [-0.2, 0) is 4.79 Å². The Balaban J connectivity index is 1.96. The van der Waals surface area contributed by atoms with Gasteiger partial charge in [0.2, 0.25) is 0 Å². The maximum Gasteiger partial charge on any atom is 0.291 e. The number of rotatable bonds is 1. The lowest BCUT2D eigenvalue weighted by Gasteiger charge is -2.19. The molecule has 0 atom stereocenters. The molecule has 0 aromatic heterocycles. The van der Waals surface area contributed by atoms with Gasteiger partial charge in [-0.2, -0.15) is 0 Å². The molecule has 2 aromatic carbocycles. The van der Waals surface area contributed by atoms with Crippen molar-refractivity contribution in [3.05, 3.63) is 65.4 Å². The summed E-state index contributed by atoms with van der Waals surface area (Å²) in [4.78, 5) is 11.9. The average Bonchev–Trinajstić information content (AvgIpc) is 2.40. The van der Waals surface area contributed by atoms with E-state index in [0.717, 1.165) is 11.1 Å². The molecule has 0 saturated heterocycles. The maximum absolute atomic E-state index is 11.9. The van der Waals surface area contributed by atoms with E-state index >= 15 is 0 Å². The molecule has 0 aliphatic carbocycles. The Hall–Kier alpha value is -2.55. The fourth-order valence-corrected chi connectivity index (χ4v) is 2.01. The molecule has 1 N–H and O–H groups in total. The number of carbonyl (C=O) groups is 1. The molecule has 0 bridgehead atoms. The highest BCUT2D eigenvalue weighted by atomic mass is 16.5. The predicted molar refractivity (Wildman–Crippen MR) is 74.9 cm³/mol. The molecule has 3 nitrogen and oxygen atoms in total. The Morgan fingerprint density at radius 2 is 1.95 bits per heavy atom. The topological polar surface area (TPSA) is 38.3 Å². The van der Waals surface area contributed by atoms with Gasteiger partial charge in [-0.1, -0.05) is 42.0 Å². The predicted octanol–water partition coefficient (Wildman–Crippen LogP) is 3.37. The first-order valence-corrected chi connectivity index (χ1v) is 6.09. The van der Waals surface area contributed by atoms with E-state index < -0.39 is 0 Å². The van der Waals surface area contributed by atoms with E-state index in [1.54, 1.807) is 6.08 Å². The van der Waals surface area contributed by atoms with E-state index in [4.69, 9.17) is 4.74 Å². The lowest BCUT2D eigenvalue weighted by Crippen LogP contribution is -2.23. The number of amides is 1. The molecule has 3 heteroatoms. The minimum Gasteiger partial charge on any atom is -0.449 e. The molecule has 1 amide bonds. The molecular formula is C16H13NO2. The lowest BCUT2D eigenvalue weighted by molar-refractivity contribution is -0.115. The number of carbonyl (C=O) groups excluding carboxylic acids is 1. The van der Waals surface area contributed by atoms with Gasteiger partial charge in [0.1, 0.15) is 0 Å². The van der Waals surface area contributed by atoms with Crippen LogP contribution < -0.4 is 10.1 Å². The van der Waals surface area contributed by atoms with Crippen molar-refractivity contribution < 1.29 is 9.53 Å². The number of hydrogen-bond donors (Lipinski definition) is 1. The first kappa shape index (κ1) is 11.5. The molecule has 0 fully saturated rings. The van der Waals surface area contributed by atoms with Crippen LogP contribution in [0.2, 0.25) is 0 Å². The molecule has 94 valence electrons. The van der Waals surface area contributed by atoms with Crippen LogP contribution in [0.1, 0.15) is 11.1 Å². The molecule has 0 spiro atoms. The highest BCUT2D eigenvalue weighted by molar-refractivity contribution is 6.08. The Morgan fingerprint density at radius 1 is 1.11 bits per heavy atom. The molecule has 1 aliphatic rings. The van der Waals surface area contributed by atoms with Gasteiger partial charge in [0, 0.05) is 0 Å². The third-order valence-corrected chi connectivity index (χ3v) is 2.92. The number of fused-ring (bicyclic) bond motifs is 1. The van der Waals surface area contributed by atoms with Gasteiger partial charge in [-0.25, -0.2) is 0 Å². The summed E-state index contributed by atoms with van der Waals surface area (Å²) < 4.78 is 5.64. The van der Waals surface area contributed by atoms with Crippen LogP contribution in [0.25, 0.3) is 6.08 Å². The van der Waals surface area contributed by atoms with Gasteiger partial charge >= 0.3 is 0 Å². The van der Waals surface area contributed by atoms with Gasteiger partial charge < -0.3 is 10.1 Å². The number of benzene rings is 2. The van der Waals surface area contributed by atoms with Gasteiger partial charge in [0.05, 0.1) is 5.69 Å². The second-order valence-corrected chi connectivity index (χ2v) is 4.48. The van der Waals surface area contributed by atoms with Gasteiger partial charge in [-0.05, 0) is 30.7 Å². The second-order valence-electron chi connectivity index (χ2n) is 4.48. The van der Waals surface area contributed by atoms with Crippen molar-refractivity contribution in [3.63, 3.8) is 0 Å². The zero-order chi connectivity index (χ0) is 13.2. The lowest BCUT2D eigenvalue weighted by atomic mass is 10.1. The van der Waals surface area contributed by atoms with E-state index in [0.29, 0.717) is 17.2 Å². The van der Waals surface area contributed by atoms with Gasteiger partial charge in [-0.3, -0.25) is 4.79 Å². The van der Waals surface area contributed by atoms with Crippen molar-refractivity contribution in [1.82, 2.24) is 0 Å². The van der Waals surface area contributed by atoms with Gasteiger partial charge in [0.25, 0.3) is 5.91 Å². The minimum absolute atomic E-state index is 0.222. The Kier molecular flexibility index (Phi) is 2.80. The molecule has 0 unspecified atom stereocenters. The average molecular weight is 251 g/mol. The number of ether oxygens (including phenoxy) is 1. The van der Waals surface area contributed by atoms with Crippen molar-refractivity contribution in [2.75, 3.05) is 5.32 Å². The van der Waals surface area contributed by atoms with Gasteiger partial charge in [-0.15, -0.1) is 0 Å². The van der Waals surface area contributed by atoms with E-state index in [2.05, 4.69) is 5.32 Å². The zero-order valence-electron chi connectivity index (χ0n) is 10.5. The van der Waals surface area contributed by atoms with E-state index in [1.165, 1.54) is 0 Å². The molecular weight excluding hydrogens is 238 g/mol. The summed E-state index contributed by atoms with van der Waals surface area (Å²) in [5.74, 6) is 0.755. The molecule has 1 aliphatic heterocycles. The highest BCUT2D eigenvalue weighted by Crippen LogP contribution is 2.30. The second kappa shape index (κ2) is 4.61. The summed E-state index contributed by atoms with van der Waals surface area (Å²) in [7, 11) is 0. The molecule has 19 heavy (non-hydrogen) atoms. The fraction of sp³-hybridized carbons (Fsp3) is 0.0625. The van der Waals surface area contributed by atoms with Crippen molar-refractivity contribution in [2.45, 2.75) is 6.92 Å². The Labute approximate surface area is 111 Å². The zero-order valence-corrected chi connectivity index (χ0v) is 10.5. The molecule has 3 rings (SSSR count). The quantitative estimate of drug-likeness (QED) is 0.789. The van der Waals surface area contributed by atoms with Crippen molar-refractivity contribution in [3.8, 4) is 5.75 Å². The van der Waals surface area contributed by atoms with Gasteiger partial charge in [0.15, 0.2) is 11.5 Å². The minimum atomic E-state index is -0.222. The number of nitrogens with one attached hydrogen (secondary N) is 1. The number of hydrogen-bond acceptors (Lipinski definition) is 2. The van der Waals surface area contributed by atoms with Crippen LogP contribution in [-0.4, -0.2) is 5.91 Å². The maximum atomic E-state index is 11.9. The Bertz CT molecular complexity index is 674. The van der Waals surface area contributed by atoms with E-state index in [9.17, 15) is 4.79 Å². The van der Waals surface area contributed by atoms with Crippen LogP contribution in [0.5, 0.6) is 5.75 Å². The molecule has 0 saturated carbocycles. The molecule has 0 radical (unpaired) electrons. The molecule has 2 aromatic rings. The summed E-state index contributed by atoms with van der Waals surface area (Å²) in [6.07, 6.45) is 1.75. The summed E-state index contributed by atoms with van der Waals surface area (Å²) in [6.45, 7) is 2.01. The van der Waals surface area contributed by atoms with Crippen LogP contribution in [0.3, 0.4) is 0 Å². The number of para-hydroxylation sites is 2. The largest absolute Gasteiger partial charge is 0.449 e. The van der Waals surface area contributed by atoms with E-state index in [1.807, 2.05) is 55.5 Å². The van der Waals surface area contributed by atoms with E-state index in [-0.39, 0.29) is 5.91 Å². The summed E-state index contributed by atoms with van der Waals surface area (Å²) in [6, 6.07) is 15.3. The molecule has 1 heterocycles. The smallest absolute Gasteiger partial charge is 0.291 e. The summed E-state index contributed by atoms with van der Waals surface area (Å²) in [5.41, 5.74) is 2.80. The van der Waals surface area contributed by atoms with Crippen molar-refractivity contribution >= 4 is 17.7 Å². The third-order valence-electron chi connectivity index (χ3n) is 2.92. The Morgan fingerprint density at radius 3 is 2.79 bits per heavy atom. The summed E-state index contributed by atoms with van der Waals surface area (Å²) in [5, 5.41) is 2.81. The first-order valence-electron chi connectivity index (χ1n) is 6.09. The monoisotopic (exact) mass is 251 g/mol. The van der Waals surface area contributed by atoms with Crippen LogP contribution in [0, 0.1) is 6.92 Å². The first-order chi connectivity index (χ1) is 9.22. The third kappa shape index (κ3) is 2.36.